The van der Waals surface area contributed by atoms with E-state index in [1.54, 1.807) is 4.90 Å². The molecule has 2 aromatic carbocycles. The second kappa shape index (κ2) is 7.98. The first-order valence-electron chi connectivity index (χ1n) is 9.37. The highest BCUT2D eigenvalue weighted by Gasteiger charge is 2.31. The molecule has 2 aromatic rings. The molecule has 4 rings (SSSR count). The second-order valence-electron chi connectivity index (χ2n) is 6.96. The third-order valence-corrected chi connectivity index (χ3v) is 5.03. The molecule has 1 atom stereocenters. The third-order valence-electron chi connectivity index (χ3n) is 5.03. The molecule has 0 radical (unpaired) electrons. The Morgan fingerprint density at radius 2 is 2.03 bits per heavy atom. The maximum Gasteiger partial charge on any atom is 0.264 e. The van der Waals surface area contributed by atoms with Gasteiger partial charge in [-0.05, 0) is 42.7 Å². The minimum absolute atomic E-state index is 0.00700. The quantitative estimate of drug-likeness (QED) is 0.859. The first kappa shape index (κ1) is 19.0. The van der Waals surface area contributed by atoms with E-state index in [0.29, 0.717) is 6.54 Å². The number of halogens is 2. The molecule has 0 bridgehead atoms. The van der Waals surface area contributed by atoms with E-state index in [1.165, 1.54) is 0 Å². The summed E-state index contributed by atoms with van der Waals surface area (Å²) in [6.07, 6.45) is 0.777. The molecule has 0 saturated carbocycles. The lowest BCUT2D eigenvalue weighted by atomic mass is 10.0. The summed E-state index contributed by atoms with van der Waals surface area (Å²) in [7, 11) is 0. The topological polar surface area (TPSA) is 71.0 Å². The van der Waals surface area contributed by atoms with Gasteiger partial charge in [-0.2, -0.15) is 0 Å². The highest BCUT2D eigenvalue weighted by Crippen LogP contribution is 2.26. The molecule has 2 aliphatic heterocycles. The Morgan fingerprint density at radius 1 is 1.21 bits per heavy atom. The van der Waals surface area contributed by atoms with Crippen molar-refractivity contribution >= 4 is 23.2 Å². The Morgan fingerprint density at radius 3 is 2.90 bits per heavy atom. The summed E-state index contributed by atoms with van der Waals surface area (Å²) in [6, 6.07) is 10.7. The Bertz CT molecular complexity index is 993. The van der Waals surface area contributed by atoms with Gasteiger partial charge in [0.2, 0.25) is 12.0 Å². The lowest BCUT2D eigenvalue weighted by molar-refractivity contribution is -0.132. The molecule has 2 aliphatic rings. The van der Waals surface area contributed by atoms with Gasteiger partial charge in [-0.25, -0.2) is 8.78 Å². The predicted molar refractivity (Wildman–Crippen MR) is 103 cm³/mol. The highest BCUT2D eigenvalue weighted by atomic mass is 19.1. The molecule has 2 heterocycles. The van der Waals surface area contributed by atoms with Crippen LogP contribution in [0.4, 0.5) is 14.5 Å². The molecule has 0 spiro atoms. The van der Waals surface area contributed by atoms with Crippen LogP contribution in [0.2, 0.25) is 0 Å². The number of hydrogen-bond donors (Lipinski definition) is 1. The Kier molecular flexibility index (Phi) is 5.24. The van der Waals surface area contributed by atoms with Crippen molar-refractivity contribution < 1.29 is 23.2 Å². The summed E-state index contributed by atoms with van der Waals surface area (Å²) in [5, 5.41) is 6.27. The Labute approximate surface area is 166 Å². The van der Waals surface area contributed by atoms with Gasteiger partial charge in [0.25, 0.3) is 5.91 Å². The fourth-order valence-electron chi connectivity index (χ4n) is 3.56. The van der Waals surface area contributed by atoms with Crippen molar-refractivity contribution in [3.05, 3.63) is 65.2 Å². The first-order chi connectivity index (χ1) is 14.0. The number of carbonyl (C=O) groups is 2. The molecule has 0 aliphatic carbocycles. The summed E-state index contributed by atoms with van der Waals surface area (Å²) < 4.78 is 27.2. The third kappa shape index (κ3) is 3.96. The standard InChI is InChI=1S/C21H19F2N3O3/c22-14-7-8-16(23)15(10-14)17-11-19(29-25-17)21(28)24-12-20(27)26-9-3-5-13-4-1-2-6-18(13)26/h1-2,4,6-8,10,19H,3,5,9,11-12H2,(H,24,28). The molecule has 8 heteroatoms. The molecule has 0 saturated heterocycles. The van der Waals surface area contributed by atoms with Gasteiger partial charge in [0.05, 0.1) is 12.3 Å². The summed E-state index contributed by atoms with van der Waals surface area (Å²) in [4.78, 5) is 31.7. The lowest BCUT2D eigenvalue weighted by Crippen LogP contribution is -2.45. The average molecular weight is 399 g/mol. The number of carbonyl (C=O) groups excluding carboxylic acids is 2. The van der Waals surface area contributed by atoms with Crippen LogP contribution in [0.3, 0.4) is 0 Å². The number of amides is 2. The second-order valence-corrected chi connectivity index (χ2v) is 6.96. The number of benzene rings is 2. The number of aryl methyl sites for hydroxylation is 1. The van der Waals surface area contributed by atoms with E-state index in [9.17, 15) is 18.4 Å². The normalized spacial score (nSPS) is 17.9. The number of hydrogen-bond acceptors (Lipinski definition) is 4. The molecule has 1 unspecified atom stereocenters. The molecule has 150 valence electrons. The van der Waals surface area contributed by atoms with Gasteiger partial charge < -0.3 is 15.1 Å². The van der Waals surface area contributed by atoms with E-state index in [-0.39, 0.29) is 30.1 Å². The number of oxime groups is 1. The Balaban J connectivity index is 1.34. The zero-order valence-electron chi connectivity index (χ0n) is 15.5. The highest BCUT2D eigenvalue weighted by molar-refractivity contribution is 6.05. The van der Waals surface area contributed by atoms with Crippen LogP contribution in [0.15, 0.2) is 47.6 Å². The van der Waals surface area contributed by atoms with Crippen LogP contribution in [0, 0.1) is 11.6 Å². The number of nitrogens with one attached hydrogen (secondary N) is 1. The molecule has 1 N–H and O–H groups in total. The summed E-state index contributed by atoms with van der Waals surface area (Å²) in [5.41, 5.74) is 2.08. The monoisotopic (exact) mass is 399 g/mol. The molecule has 6 nitrogen and oxygen atoms in total. The van der Waals surface area contributed by atoms with Gasteiger partial charge in [0.15, 0.2) is 0 Å². The van der Waals surface area contributed by atoms with Crippen LogP contribution in [-0.4, -0.2) is 36.7 Å². The largest absolute Gasteiger partial charge is 0.382 e. The van der Waals surface area contributed by atoms with Gasteiger partial charge in [-0.3, -0.25) is 9.59 Å². The number of fused-ring (bicyclic) bond motifs is 1. The Hall–Kier alpha value is -3.29. The van der Waals surface area contributed by atoms with Crippen LogP contribution in [-0.2, 0) is 20.8 Å². The van der Waals surface area contributed by atoms with E-state index in [2.05, 4.69) is 10.5 Å². The van der Waals surface area contributed by atoms with Crippen LogP contribution < -0.4 is 10.2 Å². The van der Waals surface area contributed by atoms with Crippen molar-refractivity contribution in [2.75, 3.05) is 18.0 Å². The van der Waals surface area contributed by atoms with E-state index in [1.807, 2.05) is 24.3 Å². The van der Waals surface area contributed by atoms with Crippen molar-refractivity contribution in [3.8, 4) is 0 Å². The molecule has 0 aromatic heterocycles. The smallest absolute Gasteiger partial charge is 0.264 e. The maximum atomic E-state index is 13.9. The van der Waals surface area contributed by atoms with Crippen molar-refractivity contribution in [1.29, 1.82) is 0 Å². The van der Waals surface area contributed by atoms with Gasteiger partial charge >= 0.3 is 0 Å². The van der Waals surface area contributed by atoms with Crippen molar-refractivity contribution in [2.24, 2.45) is 5.16 Å². The number of rotatable bonds is 4. The van der Waals surface area contributed by atoms with E-state index in [0.717, 1.165) is 42.3 Å². The zero-order chi connectivity index (χ0) is 20.4. The van der Waals surface area contributed by atoms with Gasteiger partial charge in [0.1, 0.15) is 11.6 Å². The fraction of sp³-hybridized carbons (Fsp3) is 0.286. The average Bonchev–Trinajstić information content (AvgIpc) is 3.23. The van der Waals surface area contributed by atoms with Crippen LogP contribution in [0.1, 0.15) is 24.0 Å². The number of anilines is 1. The predicted octanol–water partition coefficient (Wildman–Crippen LogP) is 2.55. The van der Waals surface area contributed by atoms with Crippen molar-refractivity contribution in [3.63, 3.8) is 0 Å². The lowest BCUT2D eigenvalue weighted by Gasteiger charge is -2.29. The van der Waals surface area contributed by atoms with Crippen LogP contribution in [0.25, 0.3) is 0 Å². The van der Waals surface area contributed by atoms with Gasteiger partial charge in [-0.1, -0.05) is 23.4 Å². The van der Waals surface area contributed by atoms with E-state index < -0.39 is 23.6 Å². The zero-order valence-corrected chi connectivity index (χ0v) is 15.5. The molecular formula is C21H19F2N3O3. The van der Waals surface area contributed by atoms with Gasteiger partial charge in [0, 0.05) is 24.2 Å². The van der Waals surface area contributed by atoms with Crippen LogP contribution >= 0.6 is 0 Å². The molecular weight excluding hydrogens is 380 g/mol. The number of nitrogens with zero attached hydrogens (tertiary/aromatic N) is 2. The molecule has 0 fully saturated rings. The van der Waals surface area contributed by atoms with E-state index >= 15 is 0 Å². The minimum atomic E-state index is -0.992. The summed E-state index contributed by atoms with van der Waals surface area (Å²) in [6.45, 7) is 0.411. The van der Waals surface area contributed by atoms with Crippen LogP contribution in [0.5, 0.6) is 0 Å². The first-order valence-corrected chi connectivity index (χ1v) is 9.37. The summed E-state index contributed by atoms with van der Waals surface area (Å²) >= 11 is 0. The van der Waals surface area contributed by atoms with Crippen molar-refractivity contribution in [1.82, 2.24) is 5.32 Å². The fourth-order valence-corrected chi connectivity index (χ4v) is 3.56. The van der Waals surface area contributed by atoms with Gasteiger partial charge in [-0.15, -0.1) is 0 Å². The SMILES string of the molecule is O=C(NCC(=O)N1CCCc2ccccc21)C1CC(c2cc(F)ccc2F)=NO1. The molecule has 2 amide bonds. The maximum absolute atomic E-state index is 13.9. The van der Waals surface area contributed by atoms with Crippen molar-refractivity contribution in [2.45, 2.75) is 25.4 Å². The van der Waals surface area contributed by atoms with E-state index in [4.69, 9.17) is 4.84 Å². The molecule has 29 heavy (non-hydrogen) atoms. The number of para-hydroxylation sites is 1. The minimum Gasteiger partial charge on any atom is -0.382 e. The summed E-state index contributed by atoms with van der Waals surface area (Å²) in [5.74, 6) is -2.00.